The van der Waals surface area contributed by atoms with Crippen LogP contribution in [0.3, 0.4) is 0 Å². The van der Waals surface area contributed by atoms with Crippen molar-refractivity contribution >= 4 is 40.6 Å². The first-order valence-electron chi connectivity index (χ1n) is 5.80. The number of nitrogens with zero attached hydrogens (tertiary/aromatic N) is 2. The van der Waals surface area contributed by atoms with E-state index in [-0.39, 0.29) is 0 Å². The molecular weight excluding hydrogens is 279 g/mol. The standard InChI is InChI=1S/C12H15Cl3N2/c1-17(7-8-4-2-3-5-8)12-10(14)6-9(13)11(15)16-12/h6,8H,2-5,7H2,1H3. The fourth-order valence-corrected chi connectivity index (χ4v) is 3.01. The molecule has 1 aliphatic rings. The lowest BCUT2D eigenvalue weighted by Gasteiger charge is -2.23. The number of anilines is 1. The topological polar surface area (TPSA) is 16.1 Å². The van der Waals surface area contributed by atoms with Gasteiger partial charge in [0.15, 0.2) is 0 Å². The van der Waals surface area contributed by atoms with E-state index in [0.29, 0.717) is 21.0 Å². The van der Waals surface area contributed by atoms with E-state index < -0.39 is 0 Å². The highest BCUT2D eigenvalue weighted by atomic mass is 35.5. The second-order valence-corrected chi connectivity index (χ2v) is 5.77. The summed E-state index contributed by atoms with van der Waals surface area (Å²) in [6, 6.07) is 1.65. The van der Waals surface area contributed by atoms with Crippen molar-refractivity contribution in [1.29, 1.82) is 0 Å². The maximum absolute atomic E-state index is 6.13. The molecule has 0 aliphatic heterocycles. The summed E-state index contributed by atoms with van der Waals surface area (Å²) in [4.78, 5) is 6.31. The molecule has 0 amide bonds. The van der Waals surface area contributed by atoms with Gasteiger partial charge in [-0.3, -0.25) is 0 Å². The van der Waals surface area contributed by atoms with Crippen LogP contribution in [0, 0.1) is 5.92 Å². The zero-order valence-electron chi connectivity index (χ0n) is 9.72. The quantitative estimate of drug-likeness (QED) is 0.753. The van der Waals surface area contributed by atoms with Crippen LogP contribution in [-0.4, -0.2) is 18.6 Å². The molecule has 0 bridgehead atoms. The molecule has 5 heteroatoms. The monoisotopic (exact) mass is 292 g/mol. The van der Waals surface area contributed by atoms with E-state index in [1.807, 2.05) is 7.05 Å². The number of pyridine rings is 1. The molecule has 0 unspecified atom stereocenters. The minimum atomic E-state index is 0.310. The number of rotatable bonds is 3. The van der Waals surface area contributed by atoms with E-state index in [1.165, 1.54) is 25.7 Å². The molecule has 1 fully saturated rings. The Morgan fingerprint density at radius 3 is 2.53 bits per heavy atom. The molecule has 1 aromatic heterocycles. The van der Waals surface area contributed by atoms with Crippen molar-refractivity contribution in [3.63, 3.8) is 0 Å². The lowest BCUT2D eigenvalue weighted by atomic mass is 10.1. The Hall–Kier alpha value is -0.180. The molecule has 0 N–H and O–H groups in total. The molecule has 0 radical (unpaired) electrons. The van der Waals surface area contributed by atoms with Gasteiger partial charge >= 0.3 is 0 Å². The van der Waals surface area contributed by atoms with Gasteiger partial charge in [-0.05, 0) is 24.8 Å². The van der Waals surface area contributed by atoms with E-state index in [0.717, 1.165) is 12.5 Å². The highest BCUT2D eigenvalue weighted by molar-refractivity contribution is 6.42. The summed E-state index contributed by atoms with van der Waals surface area (Å²) in [5.41, 5.74) is 0. The van der Waals surface area contributed by atoms with Crippen LogP contribution in [0.2, 0.25) is 15.2 Å². The zero-order valence-corrected chi connectivity index (χ0v) is 12.0. The fraction of sp³-hybridized carbons (Fsp3) is 0.583. The lowest BCUT2D eigenvalue weighted by Crippen LogP contribution is -2.25. The first-order chi connectivity index (χ1) is 8.08. The Morgan fingerprint density at radius 2 is 1.88 bits per heavy atom. The first kappa shape index (κ1) is 13.3. The molecule has 1 heterocycles. The minimum absolute atomic E-state index is 0.310. The summed E-state index contributed by atoms with van der Waals surface area (Å²) < 4.78 is 0. The molecule has 94 valence electrons. The average Bonchev–Trinajstić information content (AvgIpc) is 2.76. The molecule has 2 nitrogen and oxygen atoms in total. The van der Waals surface area contributed by atoms with Gasteiger partial charge in [0.2, 0.25) is 0 Å². The van der Waals surface area contributed by atoms with Crippen LogP contribution in [0.5, 0.6) is 0 Å². The van der Waals surface area contributed by atoms with Gasteiger partial charge in [0, 0.05) is 13.6 Å². The Labute approximate surface area is 117 Å². The summed E-state index contributed by atoms with van der Waals surface area (Å²) in [7, 11) is 2.00. The molecule has 1 aromatic rings. The van der Waals surface area contributed by atoms with Crippen molar-refractivity contribution in [2.45, 2.75) is 25.7 Å². The smallest absolute Gasteiger partial charge is 0.150 e. The second kappa shape index (κ2) is 5.64. The predicted molar refractivity (Wildman–Crippen MR) is 74.5 cm³/mol. The number of hydrogen-bond acceptors (Lipinski definition) is 2. The Morgan fingerprint density at radius 1 is 1.24 bits per heavy atom. The summed E-state index contributed by atoms with van der Waals surface area (Å²) in [5, 5.41) is 1.26. The molecule has 1 saturated carbocycles. The van der Waals surface area contributed by atoms with Crippen molar-refractivity contribution < 1.29 is 0 Å². The second-order valence-electron chi connectivity index (χ2n) is 4.60. The van der Waals surface area contributed by atoms with Gasteiger partial charge in [0.1, 0.15) is 11.0 Å². The lowest BCUT2D eigenvalue weighted by molar-refractivity contribution is 0.545. The van der Waals surface area contributed by atoms with E-state index in [2.05, 4.69) is 9.88 Å². The molecule has 1 aliphatic carbocycles. The summed E-state index contributed by atoms with van der Waals surface area (Å²) >= 11 is 17.9. The maximum Gasteiger partial charge on any atom is 0.150 e. The summed E-state index contributed by atoms with van der Waals surface area (Å²) in [6.45, 7) is 0.977. The normalized spacial score (nSPS) is 16.5. The third-order valence-corrected chi connectivity index (χ3v) is 4.19. The molecule has 17 heavy (non-hydrogen) atoms. The van der Waals surface area contributed by atoms with E-state index in [4.69, 9.17) is 34.8 Å². The third-order valence-electron chi connectivity index (χ3n) is 3.24. The molecule has 0 saturated heterocycles. The molecule has 0 atom stereocenters. The van der Waals surface area contributed by atoms with Crippen LogP contribution < -0.4 is 4.90 Å². The number of hydrogen-bond donors (Lipinski definition) is 0. The summed E-state index contributed by atoms with van der Waals surface area (Å²) in [6.07, 6.45) is 5.26. The SMILES string of the molecule is CN(CC1CCCC1)c1nc(Cl)c(Cl)cc1Cl. The molecule has 0 spiro atoms. The van der Waals surface area contributed by atoms with Gasteiger partial charge in [-0.25, -0.2) is 4.98 Å². The van der Waals surface area contributed by atoms with Crippen LogP contribution in [-0.2, 0) is 0 Å². The van der Waals surface area contributed by atoms with Crippen molar-refractivity contribution in [2.75, 3.05) is 18.5 Å². The van der Waals surface area contributed by atoms with Crippen LogP contribution in [0.25, 0.3) is 0 Å². The highest BCUT2D eigenvalue weighted by Crippen LogP contribution is 2.32. The van der Waals surface area contributed by atoms with E-state index >= 15 is 0 Å². The molecule has 0 aromatic carbocycles. The number of halogens is 3. The third kappa shape index (κ3) is 3.18. The Balaban J connectivity index is 2.12. The fourth-order valence-electron chi connectivity index (χ4n) is 2.37. The van der Waals surface area contributed by atoms with Gasteiger partial charge in [-0.15, -0.1) is 0 Å². The van der Waals surface area contributed by atoms with Crippen LogP contribution in [0.4, 0.5) is 5.82 Å². The van der Waals surface area contributed by atoms with E-state index in [1.54, 1.807) is 6.07 Å². The molecule has 2 rings (SSSR count). The van der Waals surface area contributed by atoms with Gasteiger partial charge in [0.25, 0.3) is 0 Å². The van der Waals surface area contributed by atoms with Crippen molar-refractivity contribution in [2.24, 2.45) is 5.92 Å². The van der Waals surface area contributed by atoms with Gasteiger partial charge < -0.3 is 4.90 Å². The average molecular weight is 294 g/mol. The first-order valence-corrected chi connectivity index (χ1v) is 6.94. The van der Waals surface area contributed by atoms with Crippen LogP contribution in [0.1, 0.15) is 25.7 Å². The predicted octanol–water partition coefficient (Wildman–Crippen LogP) is 4.67. The van der Waals surface area contributed by atoms with Crippen LogP contribution in [0.15, 0.2) is 6.07 Å². The largest absolute Gasteiger partial charge is 0.358 e. The summed E-state index contributed by atoms with van der Waals surface area (Å²) in [5.74, 6) is 1.46. The van der Waals surface area contributed by atoms with Crippen LogP contribution >= 0.6 is 34.8 Å². The Kier molecular flexibility index (Phi) is 4.40. The Bertz CT molecular complexity index is 403. The van der Waals surface area contributed by atoms with Gasteiger partial charge in [-0.2, -0.15) is 0 Å². The number of aromatic nitrogens is 1. The highest BCUT2D eigenvalue weighted by Gasteiger charge is 2.19. The van der Waals surface area contributed by atoms with Crippen molar-refractivity contribution in [1.82, 2.24) is 4.98 Å². The zero-order chi connectivity index (χ0) is 12.4. The minimum Gasteiger partial charge on any atom is -0.358 e. The van der Waals surface area contributed by atoms with Gasteiger partial charge in [0.05, 0.1) is 10.0 Å². The van der Waals surface area contributed by atoms with Crippen molar-refractivity contribution in [3.05, 3.63) is 21.3 Å². The van der Waals surface area contributed by atoms with Gasteiger partial charge in [-0.1, -0.05) is 47.6 Å². The van der Waals surface area contributed by atoms with E-state index in [9.17, 15) is 0 Å². The van der Waals surface area contributed by atoms with Crippen molar-refractivity contribution in [3.8, 4) is 0 Å². The molecular formula is C12H15Cl3N2. The maximum atomic E-state index is 6.13.